The van der Waals surface area contributed by atoms with Gasteiger partial charge in [-0.25, -0.2) is 13.2 Å². The summed E-state index contributed by atoms with van der Waals surface area (Å²) in [6.45, 7) is 9.81. The van der Waals surface area contributed by atoms with E-state index in [1.165, 1.54) is 11.2 Å². The van der Waals surface area contributed by atoms with Crippen molar-refractivity contribution in [2.24, 2.45) is 11.7 Å². The molecular formula is C31H37N5O8S2. The Morgan fingerprint density at radius 2 is 1.76 bits per heavy atom. The number of rotatable bonds is 11. The van der Waals surface area contributed by atoms with Crippen molar-refractivity contribution in [2.45, 2.75) is 36.1 Å². The molecule has 0 aliphatic carbocycles. The fourth-order valence-electron chi connectivity index (χ4n) is 8.09. The first-order valence-electron chi connectivity index (χ1n) is 15.7. The lowest BCUT2D eigenvalue weighted by atomic mass is 9.92. The molecule has 0 radical (unpaired) electrons. The molecule has 0 aromatic heterocycles. The van der Waals surface area contributed by atoms with E-state index in [2.05, 4.69) is 0 Å². The maximum Gasteiger partial charge on any atom is 0.404 e. The van der Waals surface area contributed by atoms with E-state index >= 15 is 0 Å². The van der Waals surface area contributed by atoms with E-state index in [1.807, 2.05) is 18.2 Å². The van der Waals surface area contributed by atoms with Gasteiger partial charge in [-0.3, -0.25) is 14.0 Å². The number of hydrogen-bond acceptors (Lipinski definition) is 9. The second-order valence-corrected chi connectivity index (χ2v) is 16.2. The average molecular weight is 672 g/mol. The van der Waals surface area contributed by atoms with Gasteiger partial charge in [0.25, 0.3) is 10.0 Å². The molecule has 0 saturated carbocycles. The molecule has 46 heavy (non-hydrogen) atoms. The van der Waals surface area contributed by atoms with Gasteiger partial charge in [0.15, 0.2) is 0 Å². The van der Waals surface area contributed by atoms with Gasteiger partial charge in [0, 0.05) is 23.1 Å². The number of fused-ring (bicyclic) bond motifs is 4. The molecule has 4 fully saturated rings. The highest BCUT2D eigenvalue weighted by Gasteiger charge is 2.55. The summed E-state index contributed by atoms with van der Waals surface area (Å²) in [7, 11) is -4.01. The lowest BCUT2D eigenvalue weighted by Gasteiger charge is -2.55. The smallest absolute Gasteiger partial charge is 0.404 e. The van der Waals surface area contributed by atoms with Crippen LogP contribution in [0.15, 0.2) is 45.8 Å². The minimum absolute atomic E-state index is 0.177. The second-order valence-electron chi connectivity index (χ2n) is 13.2. The maximum absolute atomic E-state index is 13.9. The monoisotopic (exact) mass is 671 g/mol. The highest BCUT2D eigenvalue weighted by molar-refractivity contribution is 8.04. The van der Waals surface area contributed by atoms with E-state index in [0.29, 0.717) is 17.7 Å². The predicted octanol–water partition coefficient (Wildman–Crippen LogP) is -0.721. The van der Waals surface area contributed by atoms with Crippen molar-refractivity contribution in [2.75, 3.05) is 69.8 Å². The van der Waals surface area contributed by atoms with Crippen molar-refractivity contribution in [3.05, 3.63) is 46.5 Å². The first-order chi connectivity index (χ1) is 21.9. The number of anilines is 1. The summed E-state index contributed by atoms with van der Waals surface area (Å²) in [6.07, 6.45) is -0.364. The van der Waals surface area contributed by atoms with Crippen LogP contribution in [0.4, 0.5) is 10.5 Å². The number of primary amides is 1. The summed E-state index contributed by atoms with van der Waals surface area (Å²) in [5.41, 5.74) is 6.28. The van der Waals surface area contributed by atoms with Crippen molar-refractivity contribution in [1.29, 1.82) is 0 Å². The molecule has 6 aliphatic rings. The third-order valence-electron chi connectivity index (χ3n) is 10.8. The number of β-lactam (4-membered cyclic amide) rings is 1. The van der Waals surface area contributed by atoms with Crippen molar-refractivity contribution < 1.29 is 46.7 Å². The number of piperazine rings is 3. The molecular weight excluding hydrogens is 635 g/mol. The number of benzene rings is 2. The molecule has 6 aliphatic heterocycles. The molecule has 8 rings (SSSR count). The van der Waals surface area contributed by atoms with Crippen molar-refractivity contribution in [3.8, 4) is 0 Å². The van der Waals surface area contributed by atoms with Crippen LogP contribution in [-0.4, -0.2) is 117 Å². The Bertz CT molecular complexity index is 1770. The molecule has 2 aromatic rings. The number of sulfonamides is 1. The van der Waals surface area contributed by atoms with Crippen LogP contribution in [0.25, 0.3) is 10.8 Å². The van der Waals surface area contributed by atoms with Gasteiger partial charge >= 0.3 is 6.09 Å². The van der Waals surface area contributed by atoms with E-state index in [-0.39, 0.29) is 22.0 Å². The van der Waals surface area contributed by atoms with Crippen molar-refractivity contribution in [3.63, 3.8) is 0 Å². The molecule has 15 heteroatoms. The molecule has 13 nitrogen and oxygen atoms in total. The van der Waals surface area contributed by atoms with Gasteiger partial charge in [-0.05, 0) is 23.1 Å². The Morgan fingerprint density at radius 1 is 1.09 bits per heavy atom. The van der Waals surface area contributed by atoms with Crippen LogP contribution in [0, 0.1) is 5.92 Å². The third-order valence-corrected chi connectivity index (χ3v) is 13.9. The van der Waals surface area contributed by atoms with Crippen LogP contribution >= 0.6 is 11.8 Å². The molecule has 246 valence electrons. The lowest BCUT2D eigenvalue weighted by molar-refractivity contribution is -1.08. The van der Waals surface area contributed by atoms with Crippen LogP contribution in [0.5, 0.6) is 0 Å². The number of quaternary nitrogens is 2. The number of thioether (sulfide) groups is 1. The SMILES string of the molecule is C[C@H]([O-])C1C(=O)N2C(C(=O)[O-])=C(CN3c4cccc5c(CC[N+]67CC[N+](CCCOC(N)=O)(CC6)CC7)ccc(c45)S3(=O)=O)SC12. The minimum Gasteiger partial charge on any atom is -0.852 e. The van der Waals surface area contributed by atoms with Crippen LogP contribution in [0.2, 0.25) is 0 Å². The van der Waals surface area contributed by atoms with E-state index in [9.17, 15) is 33.0 Å². The Kier molecular flexibility index (Phi) is 7.55. The highest BCUT2D eigenvalue weighted by atomic mass is 32.2. The molecule has 2 unspecified atom stereocenters. The molecule has 6 heterocycles. The first-order valence-corrected chi connectivity index (χ1v) is 18.0. The fraction of sp³-hybridized carbons (Fsp3) is 0.516. The molecule has 0 spiro atoms. The Balaban J connectivity index is 1.10. The number of carboxylic acid groups (broad SMARTS) is 1. The van der Waals surface area contributed by atoms with E-state index < -0.39 is 45.4 Å². The molecule has 2 bridgehead atoms. The van der Waals surface area contributed by atoms with Crippen LogP contribution in [0.3, 0.4) is 0 Å². The normalized spacial score (nSPS) is 29.7. The number of carbonyl (C=O) groups excluding carboxylic acids is 3. The van der Waals surface area contributed by atoms with Gasteiger partial charge in [-0.1, -0.05) is 25.1 Å². The quantitative estimate of drug-likeness (QED) is 0.184. The molecule has 4 saturated heterocycles. The second kappa shape index (κ2) is 11.1. The van der Waals surface area contributed by atoms with Gasteiger partial charge in [-0.15, -0.1) is 17.9 Å². The predicted molar refractivity (Wildman–Crippen MR) is 165 cm³/mol. The summed E-state index contributed by atoms with van der Waals surface area (Å²) in [5, 5.41) is 25.0. The number of carboxylic acids is 1. The van der Waals surface area contributed by atoms with Gasteiger partial charge in [-0.2, -0.15) is 0 Å². The average Bonchev–Trinajstić information content (AvgIpc) is 3.45. The van der Waals surface area contributed by atoms with Crippen molar-refractivity contribution >= 4 is 56.2 Å². The Morgan fingerprint density at radius 3 is 2.39 bits per heavy atom. The van der Waals surface area contributed by atoms with Gasteiger partial charge in [0.2, 0.25) is 5.91 Å². The number of aliphatic carboxylic acids is 1. The minimum atomic E-state index is -4.01. The largest absolute Gasteiger partial charge is 0.852 e. The third kappa shape index (κ3) is 4.86. The van der Waals surface area contributed by atoms with Crippen LogP contribution < -0.4 is 20.3 Å². The Hall–Kier alpha value is -3.37. The molecule has 2 N–H and O–H groups in total. The van der Waals surface area contributed by atoms with Crippen molar-refractivity contribution in [1.82, 2.24) is 4.90 Å². The number of ether oxygens (including phenoxy) is 1. The Labute approximate surface area is 271 Å². The lowest BCUT2D eigenvalue weighted by Crippen LogP contribution is -2.75. The summed E-state index contributed by atoms with van der Waals surface area (Å²) >= 11 is 1.06. The topological polar surface area (TPSA) is 173 Å². The highest BCUT2D eigenvalue weighted by Crippen LogP contribution is 2.52. The van der Waals surface area contributed by atoms with Crippen LogP contribution in [0.1, 0.15) is 18.9 Å². The number of hydrogen-bond donors (Lipinski definition) is 1. The van der Waals surface area contributed by atoms with Gasteiger partial charge in [0.05, 0.1) is 59.8 Å². The molecule has 2 amide bonds. The van der Waals surface area contributed by atoms with E-state index in [4.69, 9.17) is 10.5 Å². The number of amides is 2. The molecule has 3 atom stereocenters. The zero-order chi connectivity index (χ0) is 32.6. The number of carbonyl (C=O) groups is 3. The van der Waals surface area contributed by atoms with Gasteiger partial charge in [0.1, 0.15) is 39.3 Å². The van der Waals surface area contributed by atoms with E-state index in [1.54, 1.807) is 12.1 Å². The van der Waals surface area contributed by atoms with Crippen LogP contribution in [-0.2, 0) is 30.8 Å². The first kappa shape index (κ1) is 31.2. The summed E-state index contributed by atoms with van der Waals surface area (Å²) in [6, 6.07) is 9.04. The maximum atomic E-state index is 13.9. The summed E-state index contributed by atoms with van der Waals surface area (Å²) in [4.78, 5) is 37.1. The standard InChI is InChI=1S/C31H37N5O8S2/c1-19(37)25-28(38)34-27(30(39)40)23(45-29(25)34)18-33-22-5-2-4-21-20(6-7-24(26(21)22)46(33,42)43)8-10-36-14-11-35(12-15-36,13-16-36)9-3-17-44-31(32)41/h2,4-7,19,25,29H,3,8-18H2,1H3,(H2-,32,39,40,41)/t19-,25?,29?,35?,36?/m0/s1. The van der Waals surface area contributed by atoms with E-state index in [0.717, 1.165) is 102 Å². The summed E-state index contributed by atoms with van der Waals surface area (Å²) in [5.74, 6) is -3.01. The molecule has 2 aromatic carbocycles. The zero-order valence-corrected chi connectivity index (χ0v) is 27.2. The number of nitrogens with zero attached hydrogens (tertiary/aromatic N) is 4. The summed E-state index contributed by atoms with van der Waals surface area (Å²) < 4.78 is 36.0. The van der Waals surface area contributed by atoms with Gasteiger partial charge < -0.3 is 34.4 Å². The number of nitrogens with two attached hydrogens (primary N) is 1. The zero-order valence-electron chi connectivity index (χ0n) is 25.6. The fourth-order valence-corrected chi connectivity index (χ4v) is 11.4.